The summed E-state index contributed by atoms with van der Waals surface area (Å²) in [5, 5.41) is 0. The third-order valence-corrected chi connectivity index (χ3v) is 5.10. The molecule has 0 radical (unpaired) electrons. The number of carbonyl (C=O) groups excluding carboxylic acids is 1. The molecule has 0 bridgehead atoms. The second-order valence-electron chi connectivity index (χ2n) is 6.46. The van der Waals surface area contributed by atoms with Gasteiger partial charge in [0.1, 0.15) is 0 Å². The van der Waals surface area contributed by atoms with E-state index in [1.54, 1.807) is 24.3 Å². The maximum atomic E-state index is 12.9. The molecule has 1 N–H and O–H groups in total. The summed E-state index contributed by atoms with van der Waals surface area (Å²) in [4.78, 5) is 14.8. The Morgan fingerprint density at radius 3 is 2.44 bits per heavy atom. The molecule has 25 heavy (non-hydrogen) atoms. The normalized spacial score (nSPS) is 17.5. The summed E-state index contributed by atoms with van der Waals surface area (Å²) in [6.45, 7) is 2.81. The molecule has 1 aliphatic rings. The summed E-state index contributed by atoms with van der Waals surface area (Å²) in [5.74, 6) is -0.0170. The molecule has 5 nitrogen and oxygen atoms in total. The number of hydrogen-bond acceptors (Lipinski definition) is 3. The minimum absolute atomic E-state index is 0.0170. The van der Waals surface area contributed by atoms with Gasteiger partial charge in [0, 0.05) is 17.8 Å². The van der Waals surface area contributed by atoms with Crippen LogP contribution < -0.4 is 4.72 Å². The van der Waals surface area contributed by atoms with Crippen LogP contribution in [0.2, 0.25) is 0 Å². The van der Waals surface area contributed by atoms with Crippen LogP contribution in [0.1, 0.15) is 40.4 Å². The summed E-state index contributed by atoms with van der Waals surface area (Å²) in [5.41, 5.74) is 3.42. The lowest BCUT2D eigenvalue weighted by Gasteiger charge is -2.26. The van der Waals surface area contributed by atoms with Gasteiger partial charge in [0.05, 0.1) is 12.3 Å². The van der Waals surface area contributed by atoms with Crippen molar-refractivity contribution in [2.45, 2.75) is 25.8 Å². The highest BCUT2D eigenvalue weighted by Gasteiger charge is 2.31. The van der Waals surface area contributed by atoms with E-state index >= 15 is 0 Å². The van der Waals surface area contributed by atoms with Crippen molar-refractivity contribution in [3.63, 3.8) is 0 Å². The van der Waals surface area contributed by atoms with Crippen molar-refractivity contribution in [3.8, 4) is 0 Å². The van der Waals surface area contributed by atoms with E-state index < -0.39 is 10.0 Å². The number of hydrogen-bond donors (Lipinski definition) is 1. The van der Waals surface area contributed by atoms with Gasteiger partial charge in [-0.05, 0) is 55.2 Å². The first kappa shape index (κ1) is 17.5. The fraction of sp³-hybridized carbons (Fsp3) is 0.316. The number of carbonyl (C=O) groups is 1. The van der Waals surface area contributed by atoms with Gasteiger partial charge in [-0.15, -0.1) is 0 Å². The zero-order valence-electron chi connectivity index (χ0n) is 14.4. The third kappa shape index (κ3) is 4.02. The summed E-state index contributed by atoms with van der Waals surface area (Å²) in [6, 6.07) is 14.9. The van der Waals surface area contributed by atoms with Crippen LogP contribution in [-0.4, -0.2) is 32.0 Å². The van der Waals surface area contributed by atoms with Crippen LogP contribution in [0, 0.1) is 6.92 Å². The molecule has 2 aromatic carbocycles. The molecule has 1 heterocycles. The van der Waals surface area contributed by atoms with Gasteiger partial charge in [0.2, 0.25) is 10.0 Å². The Bertz CT molecular complexity index is 876. The molecular formula is C19H22N2O3S. The number of likely N-dealkylation sites (tertiary alicyclic amines) is 1. The van der Waals surface area contributed by atoms with Crippen LogP contribution in [0.3, 0.4) is 0 Å². The number of anilines is 1. The summed E-state index contributed by atoms with van der Waals surface area (Å²) in [6.07, 6.45) is 3.05. The Morgan fingerprint density at radius 1 is 1.12 bits per heavy atom. The number of amides is 1. The zero-order valence-corrected chi connectivity index (χ0v) is 15.2. The quantitative estimate of drug-likeness (QED) is 0.911. The van der Waals surface area contributed by atoms with Crippen LogP contribution in [0.5, 0.6) is 0 Å². The average molecular weight is 358 g/mol. The largest absolute Gasteiger partial charge is 0.332 e. The van der Waals surface area contributed by atoms with Gasteiger partial charge in [-0.2, -0.15) is 0 Å². The van der Waals surface area contributed by atoms with E-state index in [9.17, 15) is 13.2 Å². The van der Waals surface area contributed by atoms with Crippen molar-refractivity contribution in [2.24, 2.45) is 0 Å². The minimum atomic E-state index is -3.32. The van der Waals surface area contributed by atoms with Gasteiger partial charge in [0.15, 0.2) is 0 Å². The van der Waals surface area contributed by atoms with Crippen molar-refractivity contribution in [1.82, 2.24) is 4.90 Å². The highest BCUT2D eigenvalue weighted by Crippen LogP contribution is 2.34. The first-order chi connectivity index (χ1) is 11.8. The molecule has 1 amide bonds. The van der Waals surface area contributed by atoms with Gasteiger partial charge in [0.25, 0.3) is 5.91 Å². The molecule has 2 aromatic rings. The van der Waals surface area contributed by atoms with Crippen molar-refractivity contribution in [1.29, 1.82) is 0 Å². The molecule has 1 saturated heterocycles. The van der Waals surface area contributed by atoms with Crippen molar-refractivity contribution >= 4 is 21.6 Å². The number of nitrogens with one attached hydrogen (secondary N) is 1. The van der Waals surface area contributed by atoms with E-state index in [-0.39, 0.29) is 11.9 Å². The molecule has 132 valence electrons. The number of rotatable bonds is 4. The number of sulfonamides is 1. The highest BCUT2D eigenvalue weighted by atomic mass is 32.2. The molecule has 0 spiro atoms. The van der Waals surface area contributed by atoms with Gasteiger partial charge < -0.3 is 4.90 Å². The molecule has 0 unspecified atom stereocenters. The van der Waals surface area contributed by atoms with E-state index in [2.05, 4.69) is 23.8 Å². The first-order valence-corrected chi connectivity index (χ1v) is 10.2. The predicted octanol–water partition coefficient (Wildman–Crippen LogP) is 3.34. The molecule has 1 aliphatic heterocycles. The molecule has 1 atom stereocenters. The topological polar surface area (TPSA) is 66.5 Å². The molecule has 3 rings (SSSR count). The van der Waals surface area contributed by atoms with E-state index in [0.717, 1.165) is 25.6 Å². The van der Waals surface area contributed by atoms with E-state index in [0.29, 0.717) is 11.3 Å². The van der Waals surface area contributed by atoms with Crippen molar-refractivity contribution in [2.75, 3.05) is 17.5 Å². The molecule has 6 heteroatoms. The maximum Gasteiger partial charge on any atom is 0.254 e. The summed E-state index contributed by atoms with van der Waals surface area (Å²) in [7, 11) is -3.32. The van der Waals surface area contributed by atoms with Crippen molar-refractivity contribution < 1.29 is 13.2 Å². The second kappa shape index (κ2) is 6.88. The van der Waals surface area contributed by atoms with Crippen LogP contribution in [0.25, 0.3) is 0 Å². The molecule has 1 fully saturated rings. The smallest absolute Gasteiger partial charge is 0.254 e. The third-order valence-electron chi connectivity index (χ3n) is 4.50. The second-order valence-corrected chi connectivity index (χ2v) is 8.21. The Labute approximate surface area is 148 Å². The number of benzene rings is 2. The Balaban J connectivity index is 1.81. The lowest BCUT2D eigenvalue weighted by atomic mass is 9.99. The Hall–Kier alpha value is -2.34. The van der Waals surface area contributed by atoms with E-state index in [1.807, 2.05) is 17.0 Å². The van der Waals surface area contributed by atoms with Crippen LogP contribution in [0.15, 0.2) is 48.5 Å². The number of nitrogens with zero attached hydrogens (tertiary/aromatic N) is 1. The lowest BCUT2D eigenvalue weighted by Crippen LogP contribution is -2.30. The highest BCUT2D eigenvalue weighted by molar-refractivity contribution is 7.92. The Kier molecular flexibility index (Phi) is 4.81. The van der Waals surface area contributed by atoms with Crippen molar-refractivity contribution in [3.05, 3.63) is 65.2 Å². The fourth-order valence-electron chi connectivity index (χ4n) is 3.35. The standard InChI is InChI=1S/C19H22N2O3S/c1-14-6-3-4-7-17(14)18-8-5-13-21(18)19(22)15-9-11-16(12-10-15)20-25(2,23)24/h3-4,6-7,9-12,18,20H,5,8,13H2,1-2H3/t18-/m0/s1. The van der Waals surface area contributed by atoms with Gasteiger partial charge in [-0.3, -0.25) is 9.52 Å². The molecule has 0 aliphatic carbocycles. The monoisotopic (exact) mass is 358 g/mol. The molecule has 0 aromatic heterocycles. The molecular weight excluding hydrogens is 336 g/mol. The summed E-state index contributed by atoms with van der Waals surface area (Å²) < 4.78 is 25.0. The number of aryl methyl sites for hydroxylation is 1. The van der Waals surface area contributed by atoms with E-state index in [1.165, 1.54) is 11.1 Å². The predicted molar refractivity (Wildman–Crippen MR) is 99.1 cm³/mol. The minimum Gasteiger partial charge on any atom is -0.332 e. The summed E-state index contributed by atoms with van der Waals surface area (Å²) >= 11 is 0. The van der Waals surface area contributed by atoms with Gasteiger partial charge in [-0.1, -0.05) is 24.3 Å². The average Bonchev–Trinajstić information content (AvgIpc) is 3.03. The molecule has 0 saturated carbocycles. The van der Waals surface area contributed by atoms with Crippen LogP contribution in [-0.2, 0) is 10.0 Å². The zero-order chi connectivity index (χ0) is 18.0. The van der Waals surface area contributed by atoms with Gasteiger partial charge in [-0.25, -0.2) is 8.42 Å². The first-order valence-electron chi connectivity index (χ1n) is 8.29. The van der Waals surface area contributed by atoms with Crippen LogP contribution >= 0.6 is 0 Å². The van der Waals surface area contributed by atoms with Gasteiger partial charge >= 0.3 is 0 Å². The Morgan fingerprint density at radius 2 is 1.80 bits per heavy atom. The fourth-order valence-corrected chi connectivity index (χ4v) is 3.92. The SMILES string of the molecule is Cc1ccccc1[C@@H]1CCCN1C(=O)c1ccc(NS(C)(=O)=O)cc1. The maximum absolute atomic E-state index is 12.9. The van der Waals surface area contributed by atoms with E-state index in [4.69, 9.17) is 0 Å². The lowest BCUT2D eigenvalue weighted by molar-refractivity contribution is 0.0735. The van der Waals surface area contributed by atoms with Crippen LogP contribution in [0.4, 0.5) is 5.69 Å².